The summed E-state index contributed by atoms with van der Waals surface area (Å²) in [6.45, 7) is 4.12. The predicted octanol–water partition coefficient (Wildman–Crippen LogP) is 1.21. The highest BCUT2D eigenvalue weighted by molar-refractivity contribution is 5.55. The SMILES string of the molecule is Cc1cc(-c2noc(CN)n2)cc(C)n1. The lowest BCUT2D eigenvalue weighted by atomic mass is 10.2. The number of aromatic nitrogens is 3. The molecule has 5 heteroatoms. The first-order valence-corrected chi connectivity index (χ1v) is 4.67. The van der Waals surface area contributed by atoms with Gasteiger partial charge in [0.15, 0.2) is 0 Å². The van der Waals surface area contributed by atoms with Crippen LogP contribution in [0.4, 0.5) is 0 Å². The van der Waals surface area contributed by atoms with Crippen molar-refractivity contribution in [3.8, 4) is 11.4 Å². The molecule has 0 aromatic carbocycles. The minimum atomic E-state index is 0.260. The molecular formula is C10H12N4O. The molecule has 0 fully saturated rings. The summed E-state index contributed by atoms with van der Waals surface area (Å²) in [5.74, 6) is 1.00. The summed E-state index contributed by atoms with van der Waals surface area (Å²) in [4.78, 5) is 8.43. The Labute approximate surface area is 87.3 Å². The van der Waals surface area contributed by atoms with E-state index in [1.54, 1.807) is 0 Å². The zero-order chi connectivity index (χ0) is 10.8. The van der Waals surface area contributed by atoms with Gasteiger partial charge in [0.1, 0.15) is 0 Å². The van der Waals surface area contributed by atoms with Crippen molar-refractivity contribution in [1.29, 1.82) is 0 Å². The monoisotopic (exact) mass is 204 g/mol. The van der Waals surface area contributed by atoms with Crippen LogP contribution < -0.4 is 5.73 Å². The van der Waals surface area contributed by atoms with E-state index in [4.69, 9.17) is 10.3 Å². The Morgan fingerprint density at radius 3 is 2.40 bits per heavy atom. The van der Waals surface area contributed by atoms with Crippen molar-refractivity contribution < 1.29 is 4.52 Å². The fourth-order valence-corrected chi connectivity index (χ4v) is 1.42. The number of aryl methyl sites for hydroxylation is 2. The van der Waals surface area contributed by atoms with E-state index >= 15 is 0 Å². The fraction of sp³-hybridized carbons (Fsp3) is 0.300. The first-order chi connectivity index (χ1) is 7.19. The zero-order valence-electron chi connectivity index (χ0n) is 8.69. The summed E-state index contributed by atoms with van der Waals surface area (Å²) < 4.78 is 4.94. The Bertz CT molecular complexity index is 458. The molecular weight excluding hydrogens is 192 g/mol. The highest BCUT2D eigenvalue weighted by Gasteiger charge is 2.08. The van der Waals surface area contributed by atoms with Crippen molar-refractivity contribution in [1.82, 2.24) is 15.1 Å². The van der Waals surface area contributed by atoms with Gasteiger partial charge in [0.2, 0.25) is 11.7 Å². The summed E-state index contributed by atoms with van der Waals surface area (Å²) in [7, 11) is 0. The molecule has 2 aromatic rings. The Morgan fingerprint density at radius 2 is 1.87 bits per heavy atom. The molecule has 0 atom stereocenters. The third-order valence-corrected chi connectivity index (χ3v) is 1.98. The average molecular weight is 204 g/mol. The third-order valence-electron chi connectivity index (χ3n) is 1.98. The first kappa shape index (κ1) is 9.79. The van der Waals surface area contributed by atoms with Crippen molar-refractivity contribution in [2.24, 2.45) is 5.73 Å². The molecule has 2 aromatic heterocycles. The van der Waals surface area contributed by atoms with Gasteiger partial charge in [-0.15, -0.1) is 0 Å². The number of nitrogens with two attached hydrogens (primary N) is 1. The molecule has 0 aliphatic heterocycles. The molecule has 0 saturated heterocycles. The minimum Gasteiger partial charge on any atom is -0.338 e. The molecule has 5 nitrogen and oxygen atoms in total. The van der Waals surface area contributed by atoms with Crippen LogP contribution in [0.15, 0.2) is 16.7 Å². The molecule has 0 amide bonds. The fourth-order valence-electron chi connectivity index (χ4n) is 1.42. The number of nitrogens with zero attached hydrogens (tertiary/aromatic N) is 3. The van der Waals surface area contributed by atoms with Gasteiger partial charge in [0, 0.05) is 17.0 Å². The molecule has 15 heavy (non-hydrogen) atoms. The number of pyridine rings is 1. The van der Waals surface area contributed by atoms with Gasteiger partial charge in [0.25, 0.3) is 0 Å². The van der Waals surface area contributed by atoms with Crippen LogP contribution in [0.1, 0.15) is 17.3 Å². The lowest BCUT2D eigenvalue weighted by Crippen LogP contribution is -1.96. The minimum absolute atomic E-state index is 0.260. The van der Waals surface area contributed by atoms with Gasteiger partial charge in [-0.1, -0.05) is 5.16 Å². The summed E-state index contributed by atoms with van der Waals surface area (Å²) >= 11 is 0. The largest absolute Gasteiger partial charge is 0.338 e. The van der Waals surface area contributed by atoms with Gasteiger partial charge in [-0.3, -0.25) is 4.98 Å². The van der Waals surface area contributed by atoms with Crippen molar-refractivity contribution in [3.05, 3.63) is 29.4 Å². The normalized spacial score (nSPS) is 10.6. The Balaban J connectivity index is 2.44. The number of hydrogen-bond acceptors (Lipinski definition) is 5. The van der Waals surface area contributed by atoms with E-state index in [0.717, 1.165) is 17.0 Å². The Kier molecular flexibility index (Phi) is 2.47. The van der Waals surface area contributed by atoms with E-state index in [-0.39, 0.29) is 6.54 Å². The molecule has 0 aliphatic carbocycles. The van der Waals surface area contributed by atoms with Crippen LogP contribution in [0.5, 0.6) is 0 Å². The van der Waals surface area contributed by atoms with Gasteiger partial charge in [-0.05, 0) is 26.0 Å². The summed E-state index contributed by atoms with van der Waals surface area (Å²) in [6.07, 6.45) is 0. The van der Waals surface area contributed by atoms with Gasteiger partial charge in [-0.25, -0.2) is 0 Å². The maximum Gasteiger partial charge on any atom is 0.240 e. The molecule has 2 rings (SSSR count). The van der Waals surface area contributed by atoms with Crippen molar-refractivity contribution >= 4 is 0 Å². The molecule has 0 unspecified atom stereocenters. The van der Waals surface area contributed by atoms with Crippen LogP contribution in [0.3, 0.4) is 0 Å². The predicted molar refractivity (Wildman–Crippen MR) is 54.9 cm³/mol. The molecule has 0 aliphatic rings. The molecule has 0 spiro atoms. The second kappa shape index (κ2) is 3.78. The van der Waals surface area contributed by atoms with Crippen molar-refractivity contribution in [3.63, 3.8) is 0 Å². The first-order valence-electron chi connectivity index (χ1n) is 4.67. The molecule has 2 N–H and O–H groups in total. The second-order valence-electron chi connectivity index (χ2n) is 3.35. The highest BCUT2D eigenvalue weighted by Crippen LogP contribution is 2.17. The standard InChI is InChI=1S/C10H12N4O/c1-6-3-8(4-7(2)12-6)10-13-9(5-11)15-14-10/h3-4H,5,11H2,1-2H3. The van der Waals surface area contributed by atoms with Crippen LogP contribution >= 0.6 is 0 Å². The number of hydrogen-bond donors (Lipinski definition) is 1. The van der Waals surface area contributed by atoms with Crippen LogP contribution in [-0.4, -0.2) is 15.1 Å². The maximum atomic E-state index is 5.39. The van der Waals surface area contributed by atoms with Gasteiger partial charge < -0.3 is 10.3 Å². The quantitative estimate of drug-likeness (QED) is 0.795. The second-order valence-corrected chi connectivity index (χ2v) is 3.35. The zero-order valence-corrected chi connectivity index (χ0v) is 8.69. The molecule has 78 valence electrons. The van der Waals surface area contributed by atoms with E-state index in [0.29, 0.717) is 11.7 Å². The van der Waals surface area contributed by atoms with Crippen LogP contribution in [-0.2, 0) is 6.54 Å². The van der Waals surface area contributed by atoms with E-state index < -0.39 is 0 Å². The van der Waals surface area contributed by atoms with Gasteiger partial charge in [-0.2, -0.15) is 4.98 Å². The Morgan fingerprint density at radius 1 is 1.20 bits per heavy atom. The molecule has 0 saturated carbocycles. The summed E-state index contributed by atoms with van der Waals surface area (Å²) in [5, 5.41) is 3.85. The van der Waals surface area contributed by atoms with Crippen LogP contribution in [0, 0.1) is 13.8 Å². The van der Waals surface area contributed by atoms with Gasteiger partial charge >= 0.3 is 0 Å². The van der Waals surface area contributed by atoms with E-state index in [1.165, 1.54) is 0 Å². The molecule has 0 radical (unpaired) electrons. The van der Waals surface area contributed by atoms with Crippen LogP contribution in [0.2, 0.25) is 0 Å². The van der Waals surface area contributed by atoms with E-state index in [2.05, 4.69) is 15.1 Å². The average Bonchev–Trinajstić information content (AvgIpc) is 2.64. The summed E-state index contributed by atoms with van der Waals surface area (Å²) in [5.41, 5.74) is 8.17. The summed E-state index contributed by atoms with van der Waals surface area (Å²) in [6, 6.07) is 3.83. The number of rotatable bonds is 2. The van der Waals surface area contributed by atoms with Crippen molar-refractivity contribution in [2.75, 3.05) is 0 Å². The van der Waals surface area contributed by atoms with Gasteiger partial charge in [0.05, 0.1) is 6.54 Å². The smallest absolute Gasteiger partial charge is 0.240 e. The van der Waals surface area contributed by atoms with Crippen molar-refractivity contribution in [2.45, 2.75) is 20.4 Å². The van der Waals surface area contributed by atoms with E-state index in [1.807, 2.05) is 26.0 Å². The topological polar surface area (TPSA) is 77.8 Å². The lowest BCUT2D eigenvalue weighted by molar-refractivity contribution is 0.380. The maximum absolute atomic E-state index is 5.39. The highest BCUT2D eigenvalue weighted by atomic mass is 16.5. The third kappa shape index (κ3) is 2.02. The van der Waals surface area contributed by atoms with Crippen LogP contribution in [0.25, 0.3) is 11.4 Å². The lowest BCUT2D eigenvalue weighted by Gasteiger charge is -1.98. The van der Waals surface area contributed by atoms with E-state index in [9.17, 15) is 0 Å². The Hall–Kier alpha value is -1.75. The molecule has 2 heterocycles. The molecule has 0 bridgehead atoms.